The molecule has 0 aliphatic carbocycles. The normalized spacial score (nSPS) is 10.3. The molecule has 0 amide bonds. The number of hydrogen-bond acceptors (Lipinski definition) is 3. The predicted molar refractivity (Wildman–Crippen MR) is 61.1 cm³/mol. The Balaban J connectivity index is 2.66. The molecule has 15 heavy (non-hydrogen) atoms. The quantitative estimate of drug-likeness (QED) is 0.614. The first-order valence-corrected chi connectivity index (χ1v) is 4.77. The number of anilines is 1. The van der Waals surface area contributed by atoms with Crippen molar-refractivity contribution in [1.29, 1.82) is 0 Å². The molecule has 3 nitrogen and oxygen atoms in total. The summed E-state index contributed by atoms with van der Waals surface area (Å²) in [6.07, 6.45) is 0. The van der Waals surface area contributed by atoms with Gasteiger partial charge in [0, 0.05) is 23.5 Å². The van der Waals surface area contributed by atoms with E-state index in [1.165, 1.54) is 7.11 Å². The Bertz CT molecular complexity index is 468. The standard InChI is InChI=1S/C12H13NO2/c1-13-11-7-8-12(15-14-2)10-6-4-3-5-9(10)11/h3-8,13H,1-2H3. The van der Waals surface area contributed by atoms with Gasteiger partial charge in [0.1, 0.15) is 0 Å². The molecule has 78 valence electrons. The summed E-state index contributed by atoms with van der Waals surface area (Å²) in [5.41, 5.74) is 1.08. The van der Waals surface area contributed by atoms with E-state index in [4.69, 9.17) is 4.89 Å². The van der Waals surface area contributed by atoms with Crippen molar-refractivity contribution in [2.24, 2.45) is 0 Å². The van der Waals surface area contributed by atoms with Gasteiger partial charge in [-0.25, -0.2) is 0 Å². The topological polar surface area (TPSA) is 30.5 Å². The highest BCUT2D eigenvalue weighted by Gasteiger charge is 2.05. The third kappa shape index (κ3) is 1.74. The second-order valence-electron chi connectivity index (χ2n) is 3.16. The van der Waals surface area contributed by atoms with Crippen LogP contribution in [0.15, 0.2) is 36.4 Å². The smallest absolute Gasteiger partial charge is 0.173 e. The fourth-order valence-electron chi connectivity index (χ4n) is 1.65. The van der Waals surface area contributed by atoms with E-state index < -0.39 is 0 Å². The SMILES string of the molecule is CNc1ccc(OOC)c2ccccc12. The zero-order chi connectivity index (χ0) is 10.7. The van der Waals surface area contributed by atoms with Crippen LogP contribution in [0.5, 0.6) is 5.75 Å². The molecule has 0 atom stereocenters. The average Bonchev–Trinajstić information content (AvgIpc) is 2.30. The van der Waals surface area contributed by atoms with Crippen LogP contribution in [-0.2, 0) is 4.89 Å². The van der Waals surface area contributed by atoms with E-state index in [2.05, 4.69) is 10.2 Å². The van der Waals surface area contributed by atoms with E-state index in [1.807, 2.05) is 43.4 Å². The van der Waals surface area contributed by atoms with E-state index in [1.54, 1.807) is 0 Å². The van der Waals surface area contributed by atoms with Crippen molar-refractivity contribution >= 4 is 16.5 Å². The van der Waals surface area contributed by atoms with E-state index in [0.717, 1.165) is 22.2 Å². The third-order valence-corrected chi connectivity index (χ3v) is 2.33. The lowest BCUT2D eigenvalue weighted by Gasteiger charge is -2.09. The number of nitrogens with one attached hydrogen (secondary N) is 1. The molecule has 0 aliphatic rings. The van der Waals surface area contributed by atoms with E-state index >= 15 is 0 Å². The molecule has 0 aliphatic heterocycles. The number of fused-ring (bicyclic) bond motifs is 1. The van der Waals surface area contributed by atoms with Gasteiger partial charge in [-0.1, -0.05) is 24.3 Å². The lowest BCUT2D eigenvalue weighted by molar-refractivity contribution is -0.176. The summed E-state index contributed by atoms with van der Waals surface area (Å²) in [6.45, 7) is 0. The van der Waals surface area contributed by atoms with Crippen molar-refractivity contribution in [3.8, 4) is 5.75 Å². The average molecular weight is 203 g/mol. The predicted octanol–water partition coefficient (Wildman–Crippen LogP) is 2.82. The molecule has 0 unspecified atom stereocenters. The summed E-state index contributed by atoms with van der Waals surface area (Å²) in [6, 6.07) is 11.9. The molecular weight excluding hydrogens is 190 g/mol. The van der Waals surface area contributed by atoms with Crippen molar-refractivity contribution in [3.05, 3.63) is 36.4 Å². The summed E-state index contributed by atoms with van der Waals surface area (Å²) in [4.78, 5) is 9.78. The zero-order valence-electron chi connectivity index (χ0n) is 8.78. The Kier molecular flexibility index (Phi) is 2.74. The van der Waals surface area contributed by atoms with Gasteiger partial charge in [-0.2, -0.15) is 4.89 Å². The van der Waals surface area contributed by atoms with Crippen LogP contribution < -0.4 is 10.2 Å². The molecule has 0 bridgehead atoms. The van der Waals surface area contributed by atoms with Crippen molar-refractivity contribution in [1.82, 2.24) is 0 Å². The van der Waals surface area contributed by atoms with Crippen LogP contribution in [-0.4, -0.2) is 14.2 Å². The molecule has 0 aromatic heterocycles. The van der Waals surface area contributed by atoms with Gasteiger partial charge in [-0.15, -0.1) is 0 Å². The van der Waals surface area contributed by atoms with Gasteiger partial charge in [-0.3, -0.25) is 0 Å². The molecule has 0 radical (unpaired) electrons. The maximum Gasteiger partial charge on any atom is 0.173 e. The van der Waals surface area contributed by atoms with Gasteiger partial charge in [-0.05, 0) is 12.1 Å². The Morgan fingerprint density at radius 3 is 2.40 bits per heavy atom. The number of hydrogen-bond donors (Lipinski definition) is 1. The Morgan fingerprint density at radius 2 is 1.73 bits per heavy atom. The lowest BCUT2D eigenvalue weighted by atomic mass is 10.1. The maximum absolute atomic E-state index is 5.09. The van der Waals surface area contributed by atoms with E-state index in [-0.39, 0.29) is 0 Å². The first-order chi connectivity index (χ1) is 7.36. The second-order valence-corrected chi connectivity index (χ2v) is 3.16. The Labute approximate surface area is 88.5 Å². The van der Waals surface area contributed by atoms with Gasteiger partial charge in [0.05, 0.1) is 7.11 Å². The molecule has 0 saturated carbocycles. The zero-order valence-corrected chi connectivity index (χ0v) is 8.78. The van der Waals surface area contributed by atoms with E-state index in [9.17, 15) is 0 Å². The fourth-order valence-corrected chi connectivity index (χ4v) is 1.65. The molecular formula is C12H13NO2. The monoisotopic (exact) mass is 203 g/mol. The summed E-state index contributed by atoms with van der Waals surface area (Å²) in [5.74, 6) is 0.729. The van der Waals surface area contributed by atoms with Crippen LogP contribution >= 0.6 is 0 Å². The minimum absolute atomic E-state index is 0.729. The van der Waals surface area contributed by atoms with Gasteiger partial charge >= 0.3 is 0 Å². The van der Waals surface area contributed by atoms with Gasteiger partial charge in [0.15, 0.2) is 5.75 Å². The van der Waals surface area contributed by atoms with Gasteiger partial charge < -0.3 is 10.2 Å². The molecule has 0 fully saturated rings. The fraction of sp³-hybridized carbons (Fsp3) is 0.167. The van der Waals surface area contributed by atoms with Crippen molar-refractivity contribution in [2.45, 2.75) is 0 Å². The van der Waals surface area contributed by atoms with Gasteiger partial charge in [0.2, 0.25) is 0 Å². The third-order valence-electron chi connectivity index (χ3n) is 2.33. The molecule has 0 spiro atoms. The molecule has 1 N–H and O–H groups in total. The van der Waals surface area contributed by atoms with Crippen LogP contribution in [0, 0.1) is 0 Å². The summed E-state index contributed by atoms with van der Waals surface area (Å²) < 4.78 is 0. The summed E-state index contributed by atoms with van der Waals surface area (Å²) in [7, 11) is 3.40. The Hall–Kier alpha value is -1.74. The van der Waals surface area contributed by atoms with Crippen LogP contribution in [0.2, 0.25) is 0 Å². The molecule has 2 aromatic carbocycles. The van der Waals surface area contributed by atoms with Crippen molar-refractivity contribution in [2.75, 3.05) is 19.5 Å². The van der Waals surface area contributed by atoms with Crippen molar-refractivity contribution in [3.63, 3.8) is 0 Å². The van der Waals surface area contributed by atoms with Crippen LogP contribution in [0.25, 0.3) is 10.8 Å². The highest BCUT2D eigenvalue weighted by molar-refractivity contribution is 5.97. The minimum Gasteiger partial charge on any atom is -0.388 e. The summed E-state index contributed by atoms with van der Waals surface area (Å²) in [5, 5.41) is 5.30. The largest absolute Gasteiger partial charge is 0.388 e. The Morgan fingerprint density at radius 1 is 1.00 bits per heavy atom. The summed E-state index contributed by atoms with van der Waals surface area (Å²) >= 11 is 0. The van der Waals surface area contributed by atoms with Gasteiger partial charge in [0.25, 0.3) is 0 Å². The van der Waals surface area contributed by atoms with Crippen LogP contribution in [0.4, 0.5) is 5.69 Å². The molecule has 0 saturated heterocycles. The first kappa shape index (κ1) is 9.80. The molecule has 3 heteroatoms. The number of rotatable bonds is 3. The van der Waals surface area contributed by atoms with Crippen LogP contribution in [0.1, 0.15) is 0 Å². The highest BCUT2D eigenvalue weighted by atomic mass is 17.2. The highest BCUT2D eigenvalue weighted by Crippen LogP contribution is 2.31. The first-order valence-electron chi connectivity index (χ1n) is 4.77. The number of benzene rings is 2. The molecule has 0 heterocycles. The van der Waals surface area contributed by atoms with E-state index in [0.29, 0.717) is 0 Å². The van der Waals surface area contributed by atoms with Crippen molar-refractivity contribution < 1.29 is 9.78 Å². The second kappa shape index (κ2) is 4.19. The molecule has 2 rings (SSSR count). The minimum atomic E-state index is 0.729. The molecule has 2 aromatic rings. The maximum atomic E-state index is 5.09. The lowest BCUT2D eigenvalue weighted by Crippen LogP contribution is -1.94. The van der Waals surface area contributed by atoms with Crippen LogP contribution in [0.3, 0.4) is 0 Å².